The fourth-order valence-electron chi connectivity index (χ4n) is 2.06. The summed E-state index contributed by atoms with van der Waals surface area (Å²) in [5, 5.41) is 0. The zero-order valence-corrected chi connectivity index (χ0v) is 9.28. The molecule has 2 heterocycles. The van der Waals surface area contributed by atoms with Crippen LogP contribution in [-0.4, -0.2) is 28.5 Å². The summed E-state index contributed by atoms with van der Waals surface area (Å²) in [4.78, 5) is 14.1. The van der Waals surface area contributed by atoms with E-state index in [1.54, 1.807) is 0 Å². The monoisotopic (exact) mass is 206 g/mol. The minimum atomic E-state index is 0.200. The Kier molecular flexibility index (Phi) is 3.09. The lowest BCUT2D eigenvalue weighted by Crippen LogP contribution is -2.31. The first-order valence-corrected chi connectivity index (χ1v) is 5.77. The summed E-state index contributed by atoms with van der Waals surface area (Å²) >= 11 is 0. The number of hydrogen-bond acceptors (Lipinski definition) is 1. The fraction of sp³-hybridized carbons (Fsp3) is 0.583. The zero-order valence-electron chi connectivity index (χ0n) is 9.28. The van der Waals surface area contributed by atoms with Crippen molar-refractivity contribution < 1.29 is 4.79 Å². The summed E-state index contributed by atoms with van der Waals surface area (Å²) in [6, 6.07) is 3.88. The lowest BCUT2D eigenvalue weighted by molar-refractivity contribution is 0.0756. The molecule has 1 aromatic rings. The molecular weight excluding hydrogens is 188 g/mol. The van der Waals surface area contributed by atoms with Gasteiger partial charge in [0, 0.05) is 25.8 Å². The van der Waals surface area contributed by atoms with E-state index in [9.17, 15) is 4.79 Å². The van der Waals surface area contributed by atoms with Crippen LogP contribution in [0.1, 0.15) is 36.7 Å². The van der Waals surface area contributed by atoms with Crippen molar-refractivity contribution in [2.75, 3.05) is 13.1 Å². The SMILES string of the molecule is CCCCN1CCCn2cccc2C1=O. The molecule has 0 fully saturated rings. The number of aromatic nitrogens is 1. The highest BCUT2D eigenvalue weighted by Gasteiger charge is 2.20. The van der Waals surface area contributed by atoms with Crippen LogP contribution in [0.3, 0.4) is 0 Å². The van der Waals surface area contributed by atoms with E-state index in [-0.39, 0.29) is 5.91 Å². The normalized spacial score (nSPS) is 16.3. The van der Waals surface area contributed by atoms with Crippen molar-refractivity contribution >= 4 is 5.91 Å². The molecule has 0 bridgehead atoms. The molecule has 0 unspecified atom stereocenters. The Labute approximate surface area is 90.7 Å². The van der Waals surface area contributed by atoms with E-state index in [1.807, 2.05) is 23.2 Å². The van der Waals surface area contributed by atoms with Gasteiger partial charge in [0.05, 0.1) is 0 Å². The number of unbranched alkanes of at least 4 members (excludes halogenated alkanes) is 1. The summed E-state index contributed by atoms with van der Waals surface area (Å²) < 4.78 is 2.06. The second-order valence-corrected chi connectivity index (χ2v) is 4.09. The summed E-state index contributed by atoms with van der Waals surface area (Å²) in [5.41, 5.74) is 0.851. The second kappa shape index (κ2) is 4.51. The van der Waals surface area contributed by atoms with E-state index >= 15 is 0 Å². The van der Waals surface area contributed by atoms with Gasteiger partial charge in [0.1, 0.15) is 5.69 Å². The van der Waals surface area contributed by atoms with Crippen molar-refractivity contribution in [3.05, 3.63) is 24.0 Å². The van der Waals surface area contributed by atoms with Crippen LogP contribution in [0.4, 0.5) is 0 Å². The fourth-order valence-corrected chi connectivity index (χ4v) is 2.06. The number of nitrogens with zero attached hydrogens (tertiary/aromatic N) is 2. The molecule has 0 saturated heterocycles. The Balaban J connectivity index is 2.13. The minimum absolute atomic E-state index is 0.200. The third-order valence-electron chi connectivity index (χ3n) is 2.94. The van der Waals surface area contributed by atoms with Crippen LogP contribution < -0.4 is 0 Å². The third-order valence-corrected chi connectivity index (χ3v) is 2.94. The van der Waals surface area contributed by atoms with Crippen molar-refractivity contribution in [3.8, 4) is 0 Å². The number of hydrogen-bond donors (Lipinski definition) is 0. The largest absolute Gasteiger partial charge is 0.343 e. The van der Waals surface area contributed by atoms with Gasteiger partial charge in [0.2, 0.25) is 0 Å². The minimum Gasteiger partial charge on any atom is -0.343 e. The second-order valence-electron chi connectivity index (χ2n) is 4.09. The van der Waals surface area contributed by atoms with Gasteiger partial charge in [-0.25, -0.2) is 0 Å². The van der Waals surface area contributed by atoms with E-state index in [0.29, 0.717) is 0 Å². The number of amides is 1. The lowest BCUT2D eigenvalue weighted by Gasteiger charge is -2.19. The van der Waals surface area contributed by atoms with Crippen LogP contribution in [0, 0.1) is 0 Å². The van der Waals surface area contributed by atoms with Crippen LogP contribution in [0.5, 0.6) is 0 Å². The summed E-state index contributed by atoms with van der Waals surface area (Å²) in [6.07, 6.45) is 5.31. The molecule has 1 aliphatic rings. The van der Waals surface area contributed by atoms with E-state index in [2.05, 4.69) is 11.5 Å². The first kappa shape index (κ1) is 10.3. The molecule has 2 rings (SSSR count). The smallest absolute Gasteiger partial charge is 0.270 e. The maximum absolute atomic E-state index is 12.1. The molecule has 0 aliphatic carbocycles. The Morgan fingerprint density at radius 1 is 1.40 bits per heavy atom. The number of aryl methyl sites for hydroxylation is 1. The van der Waals surface area contributed by atoms with Gasteiger partial charge in [-0.15, -0.1) is 0 Å². The molecule has 15 heavy (non-hydrogen) atoms. The topological polar surface area (TPSA) is 25.2 Å². The summed E-state index contributed by atoms with van der Waals surface area (Å²) in [5.74, 6) is 0.200. The quantitative estimate of drug-likeness (QED) is 0.743. The molecule has 0 N–H and O–H groups in total. The molecule has 3 nitrogen and oxygen atoms in total. The molecule has 0 spiro atoms. The van der Waals surface area contributed by atoms with Gasteiger partial charge in [0.25, 0.3) is 5.91 Å². The van der Waals surface area contributed by atoms with E-state index in [4.69, 9.17) is 0 Å². The average Bonchev–Trinajstić information content (AvgIpc) is 2.65. The molecule has 82 valence electrons. The van der Waals surface area contributed by atoms with Crippen molar-refractivity contribution in [3.63, 3.8) is 0 Å². The number of rotatable bonds is 3. The third kappa shape index (κ3) is 2.06. The number of fused-ring (bicyclic) bond motifs is 1. The van der Waals surface area contributed by atoms with Crippen molar-refractivity contribution in [2.45, 2.75) is 32.7 Å². The Hall–Kier alpha value is -1.25. The maximum atomic E-state index is 12.1. The summed E-state index contributed by atoms with van der Waals surface area (Å²) in [7, 11) is 0. The molecule has 1 aliphatic heterocycles. The standard InChI is InChI=1S/C12H18N2O/c1-2-3-7-14-10-5-9-13-8-4-6-11(13)12(14)15/h4,6,8H,2-3,5,7,9-10H2,1H3. The number of carbonyl (C=O) groups is 1. The lowest BCUT2D eigenvalue weighted by atomic mass is 10.3. The highest BCUT2D eigenvalue weighted by molar-refractivity contribution is 5.93. The van der Waals surface area contributed by atoms with Crippen LogP contribution in [0.25, 0.3) is 0 Å². The van der Waals surface area contributed by atoms with Crippen LogP contribution in [-0.2, 0) is 6.54 Å². The van der Waals surface area contributed by atoms with Gasteiger partial charge < -0.3 is 9.47 Å². The molecule has 1 aromatic heterocycles. The van der Waals surface area contributed by atoms with Gasteiger partial charge in [0.15, 0.2) is 0 Å². The van der Waals surface area contributed by atoms with Gasteiger partial charge in [-0.05, 0) is 25.0 Å². The molecule has 0 saturated carbocycles. The summed E-state index contributed by atoms with van der Waals surface area (Å²) in [6.45, 7) is 4.93. The Bertz CT molecular complexity index is 343. The molecule has 0 aromatic carbocycles. The Morgan fingerprint density at radius 2 is 2.27 bits per heavy atom. The average molecular weight is 206 g/mol. The van der Waals surface area contributed by atoms with Crippen molar-refractivity contribution in [1.82, 2.24) is 9.47 Å². The van der Waals surface area contributed by atoms with E-state index in [1.165, 1.54) is 0 Å². The van der Waals surface area contributed by atoms with E-state index in [0.717, 1.165) is 44.6 Å². The van der Waals surface area contributed by atoms with Gasteiger partial charge in [-0.1, -0.05) is 13.3 Å². The molecule has 3 heteroatoms. The van der Waals surface area contributed by atoms with Gasteiger partial charge in [-0.2, -0.15) is 0 Å². The zero-order chi connectivity index (χ0) is 10.7. The number of carbonyl (C=O) groups excluding carboxylic acids is 1. The predicted molar refractivity (Wildman–Crippen MR) is 59.9 cm³/mol. The first-order valence-electron chi connectivity index (χ1n) is 5.77. The van der Waals surface area contributed by atoms with Gasteiger partial charge >= 0.3 is 0 Å². The highest BCUT2D eigenvalue weighted by atomic mass is 16.2. The molecule has 0 radical (unpaired) electrons. The maximum Gasteiger partial charge on any atom is 0.270 e. The first-order chi connectivity index (χ1) is 7.33. The molecular formula is C12H18N2O. The van der Waals surface area contributed by atoms with Crippen LogP contribution in [0.15, 0.2) is 18.3 Å². The Morgan fingerprint density at radius 3 is 3.07 bits per heavy atom. The molecule has 1 amide bonds. The molecule has 0 atom stereocenters. The van der Waals surface area contributed by atoms with Crippen LogP contribution >= 0.6 is 0 Å². The predicted octanol–water partition coefficient (Wildman–Crippen LogP) is 2.13. The van der Waals surface area contributed by atoms with Crippen molar-refractivity contribution in [1.29, 1.82) is 0 Å². The van der Waals surface area contributed by atoms with Crippen LogP contribution in [0.2, 0.25) is 0 Å². The van der Waals surface area contributed by atoms with Gasteiger partial charge in [-0.3, -0.25) is 4.79 Å². The highest BCUT2D eigenvalue weighted by Crippen LogP contribution is 2.13. The van der Waals surface area contributed by atoms with Crippen molar-refractivity contribution in [2.24, 2.45) is 0 Å². The van der Waals surface area contributed by atoms with E-state index < -0.39 is 0 Å².